The molecule has 5 rings (SSSR count). The Hall–Kier alpha value is -3.34. The predicted octanol–water partition coefficient (Wildman–Crippen LogP) is 2.73. The first-order valence-corrected chi connectivity index (χ1v) is 10.5. The summed E-state index contributed by atoms with van der Waals surface area (Å²) in [5, 5.41) is 12.6. The number of aryl methyl sites for hydroxylation is 3. The zero-order valence-corrected chi connectivity index (χ0v) is 18.4. The van der Waals surface area contributed by atoms with Crippen LogP contribution in [0.5, 0.6) is 0 Å². The van der Waals surface area contributed by atoms with Gasteiger partial charge in [-0.05, 0) is 43.9 Å². The van der Waals surface area contributed by atoms with Gasteiger partial charge < -0.3 is 9.09 Å². The van der Waals surface area contributed by atoms with E-state index in [9.17, 15) is 0 Å². The molecule has 1 aliphatic carbocycles. The molecular weight excluding hydrogens is 418 g/mol. The Bertz CT molecular complexity index is 1300. The Labute approximate surface area is 181 Å². The highest BCUT2D eigenvalue weighted by Gasteiger charge is 2.44. The summed E-state index contributed by atoms with van der Waals surface area (Å²) in [7, 11) is 1.94. The topological polar surface area (TPSA) is 130 Å². The number of imidazole rings is 1. The van der Waals surface area contributed by atoms with Crippen LogP contribution in [0.4, 0.5) is 0 Å². The van der Waals surface area contributed by atoms with Crippen LogP contribution in [0.1, 0.15) is 43.8 Å². The Morgan fingerprint density at radius 3 is 2.61 bits per heavy atom. The summed E-state index contributed by atoms with van der Waals surface area (Å²) in [5.41, 5.74) is 5.22. The Morgan fingerprint density at radius 1 is 1.19 bits per heavy atom. The fourth-order valence-corrected chi connectivity index (χ4v) is 3.38. The summed E-state index contributed by atoms with van der Waals surface area (Å²) in [6.45, 7) is 6.16. The lowest BCUT2D eigenvalue weighted by Gasteiger charge is -2.08. The van der Waals surface area contributed by atoms with E-state index in [0.717, 1.165) is 58.8 Å². The van der Waals surface area contributed by atoms with Gasteiger partial charge in [0.2, 0.25) is 11.7 Å². The van der Waals surface area contributed by atoms with Crippen molar-refractivity contribution in [3.05, 3.63) is 35.5 Å². The average molecular weight is 440 g/mol. The first kappa shape index (κ1) is 20.9. The van der Waals surface area contributed by atoms with Gasteiger partial charge in [0.25, 0.3) is 0 Å². The van der Waals surface area contributed by atoms with E-state index in [0.29, 0.717) is 11.7 Å². The van der Waals surface area contributed by atoms with Crippen molar-refractivity contribution in [3.8, 4) is 22.9 Å². The monoisotopic (exact) mass is 439 g/mol. The molecule has 160 valence electrons. The van der Waals surface area contributed by atoms with Gasteiger partial charge in [-0.25, -0.2) is 4.98 Å². The number of aromatic nitrogens is 7. The molecule has 0 atom stereocenters. The zero-order chi connectivity index (χ0) is 22.2. The van der Waals surface area contributed by atoms with Crippen LogP contribution in [0.3, 0.4) is 0 Å². The maximum absolute atomic E-state index is 8.29. The van der Waals surface area contributed by atoms with E-state index in [1.807, 2.05) is 24.6 Å². The van der Waals surface area contributed by atoms with Gasteiger partial charge >= 0.3 is 11.6 Å². The van der Waals surface area contributed by atoms with Crippen molar-refractivity contribution in [1.82, 2.24) is 34.9 Å². The molecule has 11 heteroatoms. The quantitative estimate of drug-likeness (QED) is 0.471. The van der Waals surface area contributed by atoms with Crippen LogP contribution in [0.25, 0.3) is 34.1 Å². The number of rotatable bonds is 4. The van der Waals surface area contributed by atoms with Gasteiger partial charge in [0.1, 0.15) is 11.2 Å². The van der Waals surface area contributed by atoms with Crippen molar-refractivity contribution in [2.75, 3.05) is 0 Å². The van der Waals surface area contributed by atoms with Gasteiger partial charge in [-0.15, -0.1) is 5.10 Å². The average Bonchev–Trinajstić information content (AvgIpc) is 3.19. The number of pyridine rings is 1. The van der Waals surface area contributed by atoms with E-state index < -0.39 is 11.6 Å². The molecule has 0 aliphatic heterocycles. The second kappa shape index (κ2) is 8.06. The minimum absolute atomic E-state index is 0.0540. The smallest absolute Gasteiger partial charge is 0.335 e. The molecule has 0 N–H and O–H groups in total. The largest absolute Gasteiger partial charge is 0.338 e. The molecule has 10 nitrogen and oxygen atoms in total. The summed E-state index contributed by atoms with van der Waals surface area (Å²) in [6, 6.07) is 4.01. The zero-order valence-electron chi connectivity index (χ0n) is 17.6. The summed E-state index contributed by atoms with van der Waals surface area (Å²) >= 11 is -0.750. The van der Waals surface area contributed by atoms with Crippen molar-refractivity contribution in [3.63, 3.8) is 0 Å². The van der Waals surface area contributed by atoms with Crippen LogP contribution in [0.2, 0.25) is 0 Å². The molecule has 0 aromatic carbocycles. The SMILES string of the molecule is CCc1cc(-c2noc(C3(C)CC3)n2)cnc1-c1nc2cc(C)nnc2n1C.O=S=O. The van der Waals surface area contributed by atoms with Gasteiger partial charge in [-0.3, -0.25) is 4.98 Å². The predicted molar refractivity (Wildman–Crippen MR) is 112 cm³/mol. The van der Waals surface area contributed by atoms with Gasteiger partial charge in [0, 0.05) is 24.2 Å². The normalized spacial score (nSPS) is 14.2. The molecule has 0 unspecified atom stereocenters. The van der Waals surface area contributed by atoms with E-state index in [1.54, 1.807) is 6.20 Å². The molecule has 1 aliphatic rings. The van der Waals surface area contributed by atoms with Crippen LogP contribution in [-0.2, 0) is 30.5 Å². The maximum atomic E-state index is 8.29. The Kier molecular flexibility index (Phi) is 5.44. The van der Waals surface area contributed by atoms with Crippen LogP contribution in [0.15, 0.2) is 22.9 Å². The van der Waals surface area contributed by atoms with Gasteiger partial charge in [0.05, 0.1) is 5.69 Å². The lowest BCUT2D eigenvalue weighted by molar-refractivity contribution is 0.353. The minimum atomic E-state index is -0.750. The molecule has 1 fully saturated rings. The number of fused-ring (bicyclic) bond motifs is 1. The molecule has 4 aromatic heterocycles. The first-order chi connectivity index (χ1) is 14.9. The molecule has 0 amide bonds. The summed E-state index contributed by atoms with van der Waals surface area (Å²) in [5.74, 6) is 2.08. The van der Waals surface area contributed by atoms with Gasteiger partial charge in [-0.1, -0.05) is 19.0 Å². The minimum Gasteiger partial charge on any atom is -0.338 e. The lowest BCUT2D eigenvalue weighted by Crippen LogP contribution is -2.01. The van der Waals surface area contributed by atoms with Gasteiger partial charge in [-0.2, -0.15) is 18.5 Å². The second-order valence-electron chi connectivity index (χ2n) is 7.83. The van der Waals surface area contributed by atoms with E-state index in [2.05, 4.69) is 40.3 Å². The molecule has 0 spiro atoms. The third-order valence-electron chi connectivity index (χ3n) is 5.50. The van der Waals surface area contributed by atoms with E-state index >= 15 is 0 Å². The fraction of sp³-hybridized carbons (Fsp3) is 0.400. The lowest BCUT2D eigenvalue weighted by atomic mass is 10.1. The van der Waals surface area contributed by atoms with Crippen LogP contribution < -0.4 is 0 Å². The summed E-state index contributed by atoms with van der Waals surface area (Å²) < 4.78 is 24.0. The van der Waals surface area contributed by atoms with Crippen molar-refractivity contribution in [2.24, 2.45) is 7.05 Å². The van der Waals surface area contributed by atoms with Crippen LogP contribution in [-0.4, -0.2) is 43.3 Å². The molecule has 4 aromatic rings. The standard InChI is InChI=1S/C20H21N7O.O2S/c1-5-12-9-13(16-23-19(28-26-16)20(3)6-7-20)10-21-15(12)18-22-14-8-11(2)24-25-17(14)27(18)4;1-3-2/h8-10H,5-7H2,1-4H3;. The van der Waals surface area contributed by atoms with Gasteiger partial charge in [0.15, 0.2) is 11.5 Å². The van der Waals surface area contributed by atoms with E-state index in [-0.39, 0.29) is 5.41 Å². The molecule has 0 radical (unpaired) electrons. The van der Waals surface area contributed by atoms with E-state index in [1.165, 1.54) is 0 Å². The van der Waals surface area contributed by atoms with Crippen molar-refractivity contribution in [2.45, 2.75) is 45.4 Å². The molecule has 1 saturated carbocycles. The molecule has 31 heavy (non-hydrogen) atoms. The molecule has 4 heterocycles. The number of nitrogens with zero attached hydrogens (tertiary/aromatic N) is 7. The number of hydrogen-bond donors (Lipinski definition) is 0. The molecule has 0 bridgehead atoms. The van der Waals surface area contributed by atoms with Crippen LogP contribution >= 0.6 is 0 Å². The van der Waals surface area contributed by atoms with Crippen LogP contribution in [0, 0.1) is 6.92 Å². The maximum Gasteiger partial charge on any atom is 0.335 e. The van der Waals surface area contributed by atoms with Crippen molar-refractivity contribution >= 4 is 22.7 Å². The fourth-order valence-electron chi connectivity index (χ4n) is 3.38. The van der Waals surface area contributed by atoms with Crippen molar-refractivity contribution in [1.29, 1.82) is 0 Å². The summed E-state index contributed by atoms with van der Waals surface area (Å²) in [6.07, 6.45) is 4.80. The summed E-state index contributed by atoms with van der Waals surface area (Å²) in [4.78, 5) is 14.1. The third kappa shape index (κ3) is 3.88. The highest BCUT2D eigenvalue weighted by Crippen LogP contribution is 2.47. The van der Waals surface area contributed by atoms with Crippen molar-refractivity contribution < 1.29 is 12.9 Å². The Morgan fingerprint density at radius 2 is 1.94 bits per heavy atom. The highest BCUT2D eigenvalue weighted by molar-refractivity contribution is 7.51. The molecule has 0 saturated heterocycles. The molecular formula is C20H21N7O3S. The van der Waals surface area contributed by atoms with E-state index in [4.69, 9.17) is 22.9 Å². The second-order valence-corrected chi connectivity index (χ2v) is 7.96. The number of hydrogen-bond acceptors (Lipinski definition) is 9. The first-order valence-electron chi connectivity index (χ1n) is 9.82. The third-order valence-corrected chi connectivity index (χ3v) is 5.50. The highest BCUT2D eigenvalue weighted by atomic mass is 32.1. The Balaban J connectivity index is 0.000000730.